The van der Waals surface area contributed by atoms with Crippen LogP contribution in [0.1, 0.15) is 51.3 Å². The van der Waals surface area contributed by atoms with Crippen LogP contribution in [0.4, 0.5) is 17.1 Å². The topological polar surface area (TPSA) is 58.2 Å². The lowest BCUT2D eigenvalue weighted by Gasteiger charge is -2.24. The molecule has 0 amide bonds. The molecule has 3 aromatic rings. The van der Waals surface area contributed by atoms with Crippen LogP contribution in [0.2, 0.25) is 0 Å². The average molecular weight is 370 g/mol. The summed E-state index contributed by atoms with van der Waals surface area (Å²) in [5, 5.41) is 6.63. The smallest absolute Gasteiger partial charge is 0.196 e. The van der Waals surface area contributed by atoms with Crippen LogP contribution in [0.25, 0.3) is 0 Å². The minimum Gasteiger partial charge on any atom is -0.382 e. The number of nitrogens with one attached hydrogen (secondary N) is 2. The summed E-state index contributed by atoms with van der Waals surface area (Å²) < 4.78 is 0. The van der Waals surface area contributed by atoms with Crippen LogP contribution in [0, 0.1) is 6.92 Å². The molecule has 0 heterocycles. The van der Waals surface area contributed by atoms with Crippen LogP contribution in [0.3, 0.4) is 0 Å². The van der Waals surface area contributed by atoms with E-state index in [0.29, 0.717) is 33.6 Å². The third-order valence-corrected chi connectivity index (χ3v) is 4.85. The third kappa shape index (κ3) is 3.07. The van der Waals surface area contributed by atoms with Crippen LogP contribution in [0.5, 0.6) is 0 Å². The first-order chi connectivity index (χ1) is 13.5. The Labute approximate surface area is 164 Å². The third-order valence-electron chi connectivity index (χ3n) is 4.85. The van der Waals surface area contributed by atoms with Crippen LogP contribution in [0.15, 0.2) is 60.7 Å². The molecule has 0 atom stereocenters. The molecule has 2 N–H and O–H groups in total. The van der Waals surface area contributed by atoms with Crippen LogP contribution >= 0.6 is 0 Å². The number of anilines is 3. The Morgan fingerprint density at radius 3 is 1.82 bits per heavy atom. The summed E-state index contributed by atoms with van der Waals surface area (Å²) in [7, 11) is 0. The van der Waals surface area contributed by atoms with Gasteiger partial charge in [-0.2, -0.15) is 0 Å². The number of carbonyl (C=O) groups is 2. The molecular weight excluding hydrogens is 348 g/mol. The molecule has 0 radical (unpaired) electrons. The first-order valence-electron chi connectivity index (χ1n) is 9.41. The van der Waals surface area contributed by atoms with Gasteiger partial charge in [0.05, 0.1) is 16.8 Å². The first-order valence-corrected chi connectivity index (χ1v) is 9.41. The first kappa shape index (κ1) is 18.0. The molecule has 0 saturated heterocycles. The van der Waals surface area contributed by atoms with Gasteiger partial charge in [-0.3, -0.25) is 9.59 Å². The Kier molecular flexibility index (Phi) is 4.47. The summed E-state index contributed by atoms with van der Waals surface area (Å²) in [4.78, 5) is 26.6. The molecule has 0 aromatic heterocycles. The highest BCUT2D eigenvalue weighted by atomic mass is 16.1. The van der Waals surface area contributed by atoms with Crippen molar-refractivity contribution < 1.29 is 9.59 Å². The second kappa shape index (κ2) is 6.97. The molecule has 0 unspecified atom stereocenters. The number of ketones is 2. The number of rotatable bonds is 4. The molecule has 0 bridgehead atoms. The average Bonchev–Trinajstić information content (AvgIpc) is 2.68. The van der Waals surface area contributed by atoms with Gasteiger partial charge in [-0.1, -0.05) is 42.0 Å². The van der Waals surface area contributed by atoms with Crippen molar-refractivity contribution in [3.05, 3.63) is 88.5 Å². The van der Waals surface area contributed by atoms with E-state index in [4.69, 9.17) is 0 Å². The molecule has 1 aliphatic carbocycles. The highest BCUT2D eigenvalue weighted by molar-refractivity contribution is 6.32. The van der Waals surface area contributed by atoms with E-state index in [1.54, 1.807) is 24.3 Å². The van der Waals surface area contributed by atoms with Crippen molar-refractivity contribution >= 4 is 28.6 Å². The van der Waals surface area contributed by atoms with Gasteiger partial charge < -0.3 is 10.6 Å². The Bertz CT molecular complexity index is 1080. The standard InChI is InChI=1S/C24H22N2O2/c1-14(2)25-19-12-13-20(26-16-10-8-15(3)9-11-16)22-21(19)23(27)17-6-4-5-7-18(17)24(22)28/h4-14,25-26H,1-3H3. The van der Waals surface area contributed by atoms with Gasteiger partial charge in [0.1, 0.15) is 0 Å². The monoisotopic (exact) mass is 370 g/mol. The molecule has 4 heteroatoms. The van der Waals surface area contributed by atoms with E-state index < -0.39 is 0 Å². The Balaban J connectivity index is 1.89. The Hall–Kier alpha value is -3.40. The zero-order valence-corrected chi connectivity index (χ0v) is 16.2. The molecule has 1 aliphatic rings. The summed E-state index contributed by atoms with van der Waals surface area (Å²) in [6, 6.07) is 18.8. The van der Waals surface area contributed by atoms with Crippen molar-refractivity contribution in [2.24, 2.45) is 0 Å². The molecule has 4 rings (SSSR count). The van der Waals surface area contributed by atoms with Crippen LogP contribution < -0.4 is 10.6 Å². The van der Waals surface area contributed by atoms with Gasteiger partial charge in [-0.25, -0.2) is 0 Å². The van der Waals surface area contributed by atoms with Gasteiger partial charge in [0.25, 0.3) is 0 Å². The van der Waals surface area contributed by atoms with Gasteiger partial charge in [-0.05, 0) is 45.0 Å². The minimum atomic E-state index is -0.132. The maximum Gasteiger partial charge on any atom is 0.196 e. The lowest BCUT2D eigenvalue weighted by Crippen LogP contribution is -2.25. The van der Waals surface area contributed by atoms with E-state index in [1.807, 2.05) is 57.2 Å². The minimum absolute atomic E-state index is 0.124. The van der Waals surface area contributed by atoms with Crippen molar-refractivity contribution in [3.63, 3.8) is 0 Å². The largest absolute Gasteiger partial charge is 0.382 e. The number of benzene rings is 3. The Morgan fingerprint density at radius 1 is 0.714 bits per heavy atom. The van der Waals surface area contributed by atoms with Gasteiger partial charge >= 0.3 is 0 Å². The maximum atomic E-state index is 13.3. The van der Waals surface area contributed by atoms with Crippen molar-refractivity contribution in [1.82, 2.24) is 0 Å². The van der Waals surface area contributed by atoms with Gasteiger partial charge in [0.2, 0.25) is 0 Å². The second-order valence-corrected chi connectivity index (χ2v) is 7.40. The zero-order valence-electron chi connectivity index (χ0n) is 16.2. The van der Waals surface area contributed by atoms with E-state index in [-0.39, 0.29) is 17.6 Å². The van der Waals surface area contributed by atoms with Gasteiger partial charge in [0.15, 0.2) is 11.6 Å². The van der Waals surface area contributed by atoms with Gasteiger partial charge in [-0.15, -0.1) is 0 Å². The van der Waals surface area contributed by atoms with E-state index >= 15 is 0 Å². The molecule has 3 aromatic carbocycles. The van der Waals surface area contributed by atoms with Crippen molar-refractivity contribution in [3.8, 4) is 0 Å². The SMILES string of the molecule is Cc1ccc(Nc2ccc(NC(C)C)c3c2C(=O)c2ccccc2C3=O)cc1. The predicted molar refractivity (Wildman–Crippen MR) is 113 cm³/mol. The van der Waals surface area contributed by atoms with E-state index in [0.717, 1.165) is 11.3 Å². The fraction of sp³-hybridized carbons (Fsp3) is 0.167. The number of aryl methyl sites for hydroxylation is 1. The van der Waals surface area contributed by atoms with E-state index in [1.165, 1.54) is 0 Å². The summed E-state index contributed by atoms with van der Waals surface area (Å²) in [5.74, 6) is -0.256. The van der Waals surface area contributed by atoms with Crippen molar-refractivity contribution in [2.45, 2.75) is 26.8 Å². The molecule has 4 nitrogen and oxygen atoms in total. The van der Waals surface area contributed by atoms with E-state index in [9.17, 15) is 9.59 Å². The molecule has 140 valence electrons. The quantitative estimate of drug-likeness (QED) is 0.509. The molecular formula is C24H22N2O2. The second-order valence-electron chi connectivity index (χ2n) is 7.40. The summed E-state index contributed by atoms with van der Waals surface area (Å²) >= 11 is 0. The summed E-state index contributed by atoms with van der Waals surface area (Å²) in [6.07, 6.45) is 0. The zero-order chi connectivity index (χ0) is 19.8. The number of carbonyl (C=O) groups excluding carboxylic acids is 2. The maximum absolute atomic E-state index is 13.3. The van der Waals surface area contributed by atoms with E-state index in [2.05, 4.69) is 10.6 Å². The molecule has 0 aliphatic heterocycles. The fourth-order valence-electron chi connectivity index (χ4n) is 3.55. The number of hydrogen-bond acceptors (Lipinski definition) is 4. The number of hydrogen-bond donors (Lipinski definition) is 2. The highest BCUT2D eigenvalue weighted by Gasteiger charge is 2.33. The molecule has 28 heavy (non-hydrogen) atoms. The lowest BCUT2D eigenvalue weighted by molar-refractivity contribution is 0.0980. The lowest BCUT2D eigenvalue weighted by atomic mass is 9.82. The fourth-order valence-corrected chi connectivity index (χ4v) is 3.55. The van der Waals surface area contributed by atoms with Crippen LogP contribution in [-0.4, -0.2) is 17.6 Å². The van der Waals surface area contributed by atoms with Crippen molar-refractivity contribution in [2.75, 3.05) is 10.6 Å². The van der Waals surface area contributed by atoms with Crippen molar-refractivity contribution in [1.29, 1.82) is 0 Å². The van der Waals surface area contributed by atoms with Gasteiger partial charge in [0, 0.05) is 28.5 Å². The number of fused-ring (bicyclic) bond motifs is 2. The summed E-state index contributed by atoms with van der Waals surface area (Å²) in [6.45, 7) is 6.04. The summed E-state index contributed by atoms with van der Waals surface area (Å²) in [5.41, 5.74) is 5.13. The molecule has 0 fully saturated rings. The molecule has 0 saturated carbocycles. The normalized spacial score (nSPS) is 12.6. The van der Waals surface area contributed by atoms with Crippen LogP contribution in [-0.2, 0) is 0 Å². The highest BCUT2D eigenvalue weighted by Crippen LogP contribution is 2.37. The molecule has 0 spiro atoms. The Morgan fingerprint density at radius 2 is 1.25 bits per heavy atom. The predicted octanol–water partition coefficient (Wildman–Crippen LogP) is 5.33.